The van der Waals surface area contributed by atoms with Crippen LogP contribution < -0.4 is 11.1 Å². The second-order valence-corrected chi connectivity index (χ2v) is 6.60. The molecule has 20 heavy (non-hydrogen) atoms. The number of rotatable bonds is 4. The van der Waals surface area contributed by atoms with Gasteiger partial charge in [-0.1, -0.05) is 51.2 Å². The van der Waals surface area contributed by atoms with E-state index in [0.717, 1.165) is 24.1 Å². The zero-order valence-corrected chi connectivity index (χ0v) is 13.1. The number of nitrogens with two attached hydrogens (primary N) is 1. The second-order valence-electron chi connectivity index (χ2n) is 6.16. The third-order valence-corrected chi connectivity index (χ3v) is 4.52. The van der Waals surface area contributed by atoms with Crippen molar-refractivity contribution in [3.63, 3.8) is 0 Å². The Balaban J connectivity index is 2.22. The molecule has 0 aliphatic heterocycles. The van der Waals surface area contributed by atoms with Crippen LogP contribution in [0.3, 0.4) is 0 Å². The standard InChI is InChI=1S/C16H22N2OS/c1-10(2)12-6-4-5-7-13(12)18-15(19)16(14(17)20)8-11(3)9-16/h4-7,10-11H,8-9H2,1-3H3,(H2,17,20)(H,18,19). The molecule has 1 aromatic carbocycles. The molecule has 1 fully saturated rings. The molecule has 3 nitrogen and oxygen atoms in total. The summed E-state index contributed by atoms with van der Waals surface area (Å²) in [5.41, 5.74) is 7.16. The fourth-order valence-electron chi connectivity index (χ4n) is 2.98. The maximum absolute atomic E-state index is 12.6. The van der Waals surface area contributed by atoms with Crippen LogP contribution in [0.4, 0.5) is 5.69 Å². The molecule has 3 N–H and O–H groups in total. The number of carbonyl (C=O) groups is 1. The summed E-state index contributed by atoms with van der Waals surface area (Å²) in [5, 5.41) is 3.03. The molecule has 0 radical (unpaired) electrons. The lowest BCUT2D eigenvalue weighted by molar-refractivity contribution is -0.127. The van der Waals surface area contributed by atoms with Crippen molar-refractivity contribution in [2.24, 2.45) is 17.1 Å². The Bertz CT molecular complexity index is 533. The van der Waals surface area contributed by atoms with Gasteiger partial charge in [-0.2, -0.15) is 0 Å². The first kappa shape index (κ1) is 15.0. The maximum Gasteiger partial charge on any atom is 0.237 e. The number of anilines is 1. The van der Waals surface area contributed by atoms with E-state index in [0.29, 0.717) is 16.8 Å². The Morgan fingerprint density at radius 1 is 1.40 bits per heavy atom. The van der Waals surface area contributed by atoms with Gasteiger partial charge in [-0.15, -0.1) is 0 Å². The molecule has 0 aromatic heterocycles. The molecular weight excluding hydrogens is 268 g/mol. The Hall–Kier alpha value is -1.42. The van der Waals surface area contributed by atoms with Gasteiger partial charge >= 0.3 is 0 Å². The Morgan fingerprint density at radius 2 is 2.00 bits per heavy atom. The molecule has 0 atom stereocenters. The topological polar surface area (TPSA) is 55.1 Å². The SMILES string of the molecule is CC1CC(C(=O)Nc2ccccc2C(C)C)(C(N)=S)C1. The van der Waals surface area contributed by atoms with Crippen LogP contribution in [-0.2, 0) is 4.79 Å². The molecule has 1 saturated carbocycles. The zero-order valence-electron chi connectivity index (χ0n) is 12.3. The third kappa shape index (κ3) is 2.57. The summed E-state index contributed by atoms with van der Waals surface area (Å²) < 4.78 is 0. The van der Waals surface area contributed by atoms with E-state index < -0.39 is 5.41 Å². The van der Waals surface area contributed by atoms with E-state index >= 15 is 0 Å². The van der Waals surface area contributed by atoms with Gasteiger partial charge in [0.15, 0.2) is 0 Å². The van der Waals surface area contributed by atoms with Gasteiger partial charge in [0.1, 0.15) is 0 Å². The minimum atomic E-state index is -0.654. The first-order valence-electron chi connectivity index (χ1n) is 7.07. The molecule has 0 saturated heterocycles. The van der Waals surface area contributed by atoms with Gasteiger partial charge in [0.2, 0.25) is 5.91 Å². The van der Waals surface area contributed by atoms with Crippen LogP contribution in [0.25, 0.3) is 0 Å². The van der Waals surface area contributed by atoms with Gasteiger partial charge in [-0.3, -0.25) is 4.79 Å². The number of hydrogen-bond acceptors (Lipinski definition) is 2. The van der Waals surface area contributed by atoms with Crippen molar-refractivity contribution in [1.29, 1.82) is 0 Å². The zero-order chi connectivity index (χ0) is 14.9. The molecule has 1 aliphatic carbocycles. The van der Waals surface area contributed by atoms with Crippen LogP contribution in [-0.4, -0.2) is 10.9 Å². The smallest absolute Gasteiger partial charge is 0.237 e. The van der Waals surface area contributed by atoms with E-state index in [4.69, 9.17) is 18.0 Å². The van der Waals surface area contributed by atoms with E-state index in [2.05, 4.69) is 26.1 Å². The van der Waals surface area contributed by atoms with Crippen molar-refractivity contribution < 1.29 is 4.79 Å². The predicted molar refractivity (Wildman–Crippen MR) is 86.8 cm³/mol. The van der Waals surface area contributed by atoms with Crippen LogP contribution in [0.1, 0.15) is 45.1 Å². The number of hydrogen-bond donors (Lipinski definition) is 2. The van der Waals surface area contributed by atoms with Crippen LogP contribution in [0.15, 0.2) is 24.3 Å². The molecule has 0 unspecified atom stereocenters. The third-order valence-electron chi connectivity index (χ3n) is 4.13. The molecule has 108 valence electrons. The van der Waals surface area contributed by atoms with Crippen LogP contribution in [0.2, 0.25) is 0 Å². The second kappa shape index (κ2) is 5.52. The number of carbonyl (C=O) groups excluding carboxylic acids is 1. The van der Waals surface area contributed by atoms with Crippen molar-refractivity contribution in [2.45, 2.75) is 39.5 Å². The molecule has 2 rings (SSSR count). The van der Waals surface area contributed by atoms with Crippen molar-refractivity contribution in [3.05, 3.63) is 29.8 Å². The van der Waals surface area contributed by atoms with Gasteiger partial charge in [0.25, 0.3) is 0 Å². The minimum Gasteiger partial charge on any atom is -0.392 e. The normalized spacial score (nSPS) is 25.1. The predicted octanol–water partition coefficient (Wildman–Crippen LogP) is 3.45. The highest BCUT2D eigenvalue weighted by Gasteiger charge is 2.50. The summed E-state index contributed by atoms with van der Waals surface area (Å²) >= 11 is 5.13. The van der Waals surface area contributed by atoms with E-state index in [9.17, 15) is 4.79 Å². The lowest BCUT2D eigenvalue weighted by atomic mass is 9.62. The quantitative estimate of drug-likeness (QED) is 0.835. The lowest BCUT2D eigenvalue weighted by Gasteiger charge is -2.44. The van der Waals surface area contributed by atoms with Crippen molar-refractivity contribution in [1.82, 2.24) is 0 Å². The average Bonchev–Trinajstić information content (AvgIpc) is 2.34. The highest BCUT2D eigenvalue weighted by atomic mass is 32.1. The van der Waals surface area contributed by atoms with Crippen molar-refractivity contribution in [2.75, 3.05) is 5.32 Å². The average molecular weight is 290 g/mol. The summed E-state index contributed by atoms with van der Waals surface area (Å²) in [6, 6.07) is 7.89. The first-order chi connectivity index (χ1) is 9.36. The Morgan fingerprint density at radius 3 is 2.50 bits per heavy atom. The van der Waals surface area contributed by atoms with Gasteiger partial charge in [0, 0.05) is 5.69 Å². The van der Waals surface area contributed by atoms with E-state index in [1.807, 2.05) is 24.3 Å². The fraction of sp³-hybridized carbons (Fsp3) is 0.500. The summed E-state index contributed by atoms with van der Waals surface area (Å²) in [6.07, 6.45) is 1.50. The van der Waals surface area contributed by atoms with Crippen molar-refractivity contribution >= 4 is 28.8 Å². The number of nitrogens with one attached hydrogen (secondary N) is 1. The van der Waals surface area contributed by atoms with Crippen LogP contribution >= 0.6 is 12.2 Å². The highest BCUT2D eigenvalue weighted by molar-refractivity contribution is 7.80. The van der Waals surface area contributed by atoms with E-state index in [1.54, 1.807) is 0 Å². The van der Waals surface area contributed by atoms with Gasteiger partial charge < -0.3 is 11.1 Å². The van der Waals surface area contributed by atoms with E-state index in [-0.39, 0.29) is 5.91 Å². The number of para-hydroxylation sites is 1. The first-order valence-corrected chi connectivity index (χ1v) is 7.48. The molecule has 1 aliphatic rings. The van der Waals surface area contributed by atoms with Gasteiger partial charge in [0.05, 0.1) is 10.4 Å². The Labute approximate surface area is 125 Å². The van der Waals surface area contributed by atoms with Crippen LogP contribution in [0.5, 0.6) is 0 Å². The molecule has 1 amide bonds. The number of thiocarbonyl (C=S) groups is 1. The molecular formula is C16H22N2OS. The molecule has 0 spiro atoms. The lowest BCUT2D eigenvalue weighted by Crippen LogP contribution is -2.53. The monoisotopic (exact) mass is 290 g/mol. The summed E-state index contributed by atoms with van der Waals surface area (Å²) in [7, 11) is 0. The van der Waals surface area contributed by atoms with Gasteiger partial charge in [-0.25, -0.2) is 0 Å². The Kier molecular flexibility index (Phi) is 4.14. The molecule has 0 heterocycles. The minimum absolute atomic E-state index is 0.0591. The number of benzene rings is 1. The van der Waals surface area contributed by atoms with Crippen LogP contribution in [0, 0.1) is 11.3 Å². The summed E-state index contributed by atoms with van der Waals surface area (Å²) in [5.74, 6) is 0.798. The van der Waals surface area contributed by atoms with Crippen molar-refractivity contribution in [3.8, 4) is 0 Å². The number of amides is 1. The van der Waals surface area contributed by atoms with E-state index in [1.165, 1.54) is 0 Å². The maximum atomic E-state index is 12.6. The molecule has 1 aromatic rings. The highest BCUT2D eigenvalue weighted by Crippen LogP contribution is 2.46. The summed E-state index contributed by atoms with van der Waals surface area (Å²) in [4.78, 5) is 12.9. The van der Waals surface area contributed by atoms with Gasteiger partial charge in [-0.05, 0) is 36.3 Å². The largest absolute Gasteiger partial charge is 0.392 e. The summed E-state index contributed by atoms with van der Waals surface area (Å²) in [6.45, 7) is 6.34. The fourth-order valence-corrected chi connectivity index (χ4v) is 3.24. The molecule has 4 heteroatoms. The molecule has 0 bridgehead atoms.